The molecule has 0 saturated carbocycles. The summed E-state index contributed by atoms with van der Waals surface area (Å²) in [7, 11) is 2.04. The van der Waals surface area contributed by atoms with E-state index in [1.165, 1.54) is 0 Å². The lowest BCUT2D eigenvalue weighted by Crippen LogP contribution is -2.18. The van der Waals surface area contributed by atoms with Crippen LogP contribution in [0.25, 0.3) is 5.70 Å². The molecule has 0 spiro atoms. The van der Waals surface area contributed by atoms with Gasteiger partial charge in [0, 0.05) is 19.4 Å². The molecule has 0 unspecified atom stereocenters. The Balaban J connectivity index is 2.31. The quantitative estimate of drug-likeness (QED) is 0.662. The molecular formula is C9H11N3. The van der Waals surface area contributed by atoms with Crippen molar-refractivity contribution in [3.63, 3.8) is 0 Å². The number of aromatic nitrogens is 1. The minimum absolute atomic E-state index is 0.867. The van der Waals surface area contributed by atoms with Gasteiger partial charge in [0.1, 0.15) is 0 Å². The number of nitrogens with zero attached hydrogens (tertiary/aromatic N) is 2. The highest BCUT2D eigenvalue weighted by molar-refractivity contribution is 5.61. The summed E-state index contributed by atoms with van der Waals surface area (Å²) < 4.78 is 0. The molecule has 1 aliphatic rings. The highest BCUT2D eigenvalue weighted by Crippen LogP contribution is 2.16. The fourth-order valence-electron chi connectivity index (χ4n) is 1.26. The van der Waals surface area contributed by atoms with E-state index in [1.54, 1.807) is 0 Å². The maximum absolute atomic E-state index is 4.26. The monoisotopic (exact) mass is 161 g/mol. The van der Waals surface area contributed by atoms with Crippen LogP contribution in [0.3, 0.4) is 0 Å². The SMILES string of the molecule is CN1CNC=C1c1ccccn1. The molecule has 2 rings (SSSR count). The smallest absolute Gasteiger partial charge is 0.0878 e. The number of nitrogens with one attached hydrogen (secondary N) is 1. The van der Waals surface area contributed by atoms with Crippen LogP contribution >= 0.6 is 0 Å². The Kier molecular flexibility index (Phi) is 1.70. The van der Waals surface area contributed by atoms with Crippen molar-refractivity contribution >= 4 is 5.70 Å². The maximum atomic E-state index is 4.26. The third kappa shape index (κ3) is 1.13. The highest BCUT2D eigenvalue weighted by Gasteiger charge is 2.11. The first-order chi connectivity index (χ1) is 5.88. The van der Waals surface area contributed by atoms with Crippen LogP contribution in [0.2, 0.25) is 0 Å². The van der Waals surface area contributed by atoms with Gasteiger partial charge in [-0.2, -0.15) is 0 Å². The molecule has 1 N–H and O–H groups in total. The fraction of sp³-hybridized carbons (Fsp3) is 0.222. The van der Waals surface area contributed by atoms with E-state index in [9.17, 15) is 0 Å². The Bertz CT molecular complexity index is 292. The van der Waals surface area contributed by atoms with E-state index < -0.39 is 0 Å². The van der Waals surface area contributed by atoms with Gasteiger partial charge in [-0.3, -0.25) is 4.98 Å². The molecule has 0 saturated heterocycles. The molecule has 0 bridgehead atoms. The standard InChI is InChI=1S/C9H11N3/c1-12-7-10-6-9(12)8-4-2-3-5-11-8/h2-6,10H,7H2,1H3. The van der Waals surface area contributed by atoms with Crippen molar-refractivity contribution in [2.75, 3.05) is 13.7 Å². The van der Waals surface area contributed by atoms with Gasteiger partial charge in [-0.05, 0) is 12.1 Å². The molecule has 0 amide bonds. The Hall–Kier alpha value is -1.51. The van der Waals surface area contributed by atoms with Gasteiger partial charge in [-0.15, -0.1) is 0 Å². The second kappa shape index (κ2) is 2.85. The molecule has 62 valence electrons. The van der Waals surface area contributed by atoms with E-state index in [2.05, 4.69) is 15.2 Å². The molecule has 1 aromatic rings. The van der Waals surface area contributed by atoms with Crippen molar-refractivity contribution in [3.05, 3.63) is 36.3 Å². The van der Waals surface area contributed by atoms with Crippen LogP contribution in [0.1, 0.15) is 5.69 Å². The summed E-state index contributed by atoms with van der Waals surface area (Å²) in [4.78, 5) is 6.39. The molecule has 2 heterocycles. The van der Waals surface area contributed by atoms with Crippen molar-refractivity contribution in [2.24, 2.45) is 0 Å². The first-order valence-corrected chi connectivity index (χ1v) is 3.94. The van der Waals surface area contributed by atoms with Gasteiger partial charge in [0.25, 0.3) is 0 Å². The number of hydrogen-bond donors (Lipinski definition) is 1. The molecule has 0 aromatic carbocycles. The van der Waals surface area contributed by atoms with Crippen LogP contribution in [0.15, 0.2) is 30.6 Å². The summed E-state index contributed by atoms with van der Waals surface area (Å²) in [5.41, 5.74) is 2.17. The molecule has 0 aliphatic carbocycles. The van der Waals surface area contributed by atoms with Gasteiger partial charge >= 0.3 is 0 Å². The fourth-order valence-corrected chi connectivity index (χ4v) is 1.26. The third-order valence-corrected chi connectivity index (χ3v) is 1.91. The van der Waals surface area contributed by atoms with Gasteiger partial charge in [0.05, 0.1) is 18.1 Å². The van der Waals surface area contributed by atoms with Crippen LogP contribution in [-0.2, 0) is 0 Å². The predicted molar refractivity (Wildman–Crippen MR) is 48.0 cm³/mol. The van der Waals surface area contributed by atoms with E-state index >= 15 is 0 Å². The van der Waals surface area contributed by atoms with Crippen LogP contribution in [0.5, 0.6) is 0 Å². The Morgan fingerprint density at radius 3 is 3.00 bits per heavy atom. The Labute approximate surface area is 71.7 Å². The largest absolute Gasteiger partial charge is 0.372 e. The van der Waals surface area contributed by atoms with Gasteiger partial charge in [-0.25, -0.2) is 0 Å². The van der Waals surface area contributed by atoms with E-state index in [0.29, 0.717) is 0 Å². The summed E-state index contributed by atoms with van der Waals surface area (Å²) in [6.45, 7) is 0.867. The lowest BCUT2D eigenvalue weighted by atomic mass is 10.3. The second-order valence-electron chi connectivity index (χ2n) is 2.80. The van der Waals surface area contributed by atoms with E-state index in [1.807, 2.05) is 37.6 Å². The average Bonchev–Trinajstić information content (AvgIpc) is 2.53. The first kappa shape index (κ1) is 7.16. The molecule has 0 radical (unpaired) electrons. The Morgan fingerprint density at radius 2 is 2.42 bits per heavy atom. The number of pyridine rings is 1. The summed E-state index contributed by atoms with van der Waals surface area (Å²) in [6.07, 6.45) is 3.80. The summed E-state index contributed by atoms with van der Waals surface area (Å²) in [5.74, 6) is 0. The van der Waals surface area contributed by atoms with Crippen LogP contribution < -0.4 is 5.32 Å². The average molecular weight is 161 g/mol. The molecule has 1 aliphatic heterocycles. The molecule has 1 aromatic heterocycles. The molecule has 0 fully saturated rings. The van der Waals surface area contributed by atoms with Crippen molar-refractivity contribution in [1.82, 2.24) is 15.2 Å². The predicted octanol–water partition coefficient (Wildman–Crippen LogP) is 0.873. The molecule has 3 nitrogen and oxygen atoms in total. The van der Waals surface area contributed by atoms with Crippen LogP contribution in [0, 0.1) is 0 Å². The molecule has 12 heavy (non-hydrogen) atoms. The van der Waals surface area contributed by atoms with E-state index in [0.717, 1.165) is 18.1 Å². The summed E-state index contributed by atoms with van der Waals surface area (Å²) in [5, 5.41) is 3.14. The van der Waals surface area contributed by atoms with Crippen molar-refractivity contribution in [2.45, 2.75) is 0 Å². The highest BCUT2D eigenvalue weighted by atomic mass is 15.3. The van der Waals surface area contributed by atoms with Crippen LogP contribution in [-0.4, -0.2) is 23.6 Å². The summed E-state index contributed by atoms with van der Waals surface area (Å²) >= 11 is 0. The third-order valence-electron chi connectivity index (χ3n) is 1.91. The summed E-state index contributed by atoms with van der Waals surface area (Å²) in [6, 6.07) is 5.93. The van der Waals surface area contributed by atoms with Crippen molar-refractivity contribution in [1.29, 1.82) is 0 Å². The number of rotatable bonds is 1. The van der Waals surface area contributed by atoms with Crippen LogP contribution in [0.4, 0.5) is 0 Å². The molecule has 3 heteroatoms. The lowest BCUT2D eigenvalue weighted by Gasteiger charge is -2.13. The first-order valence-electron chi connectivity index (χ1n) is 3.94. The molecular weight excluding hydrogens is 150 g/mol. The van der Waals surface area contributed by atoms with E-state index in [-0.39, 0.29) is 0 Å². The normalized spacial score (nSPS) is 15.8. The minimum atomic E-state index is 0.867. The van der Waals surface area contributed by atoms with Gasteiger partial charge in [0.2, 0.25) is 0 Å². The van der Waals surface area contributed by atoms with Crippen molar-refractivity contribution in [3.8, 4) is 0 Å². The zero-order chi connectivity index (χ0) is 8.39. The van der Waals surface area contributed by atoms with Crippen molar-refractivity contribution < 1.29 is 0 Å². The molecule has 0 atom stereocenters. The number of hydrogen-bond acceptors (Lipinski definition) is 3. The second-order valence-corrected chi connectivity index (χ2v) is 2.80. The zero-order valence-corrected chi connectivity index (χ0v) is 6.99. The minimum Gasteiger partial charge on any atom is -0.372 e. The maximum Gasteiger partial charge on any atom is 0.0878 e. The Morgan fingerprint density at radius 1 is 1.50 bits per heavy atom. The topological polar surface area (TPSA) is 28.2 Å². The van der Waals surface area contributed by atoms with Gasteiger partial charge in [-0.1, -0.05) is 6.07 Å². The van der Waals surface area contributed by atoms with E-state index in [4.69, 9.17) is 0 Å². The zero-order valence-electron chi connectivity index (χ0n) is 6.99. The lowest BCUT2D eigenvalue weighted by molar-refractivity contribution is 0.492. The van der Waals surface area contributed by atoms with Gasteiger partial charge in [0.15, 0.2) is 0 Å². The van der Waals surface area contributed by atoms with Gasteiger partial charge < -0.3 is 10.2 Å².